The molecule has 1 amide bonds. The van der Waals surface area contributed by atoms with Crippen molar-refractivity contribution in [2.24, 2.45) is 0 Å². The Morgan fingerprint density at radius 3 is 2.38 bits per heavy atom. The third-order valence-electron chi connectivity index (χ3n) is 5.45. The highest BCUT2D eigenvalue weighted by atomic mass is 35.5. The summed E-state index contributed by atoms with van der Waals surface area (Å²) in [6.07, 6.45) is 0.227. The smallest absolute Gasteiger partial charge is 0.242 e. The fraction of sp³-hybridized carbons (Fsp3) is 0.375. The SMILES string of the molecule is CCN(CC1=C(c2ccc(Cl)cc2)S(=O)(=O)NC1(C)C)C(=O)CCOCc1ccccc1. The van der Waals surface area contributed by atoms with Crippen LogP contribution in [-0.4, -0.2) is 44.5 Å². The van der Waals surface area contributed by atoms with Crippen LogP contribution in [0.2, 0.25) is 5.02 Å². The lowest BCUT2D eigenvalue weighted by Gasteiger charge is -2.28. The van der Waals surface area contributed by atoms with Gasteiger partial charge < -0.3 is 9.64 Å². The molecule has 32 heavy (non-hydrogen) atoms. The molecular formula is C24H29ClN2O4S. The zero-order valence-electron chi connectivity index (χ0n) is 18.6. The van der Waals surface area contributed by atoms with Crippen LogP contribution in [0.1, 0.15) is 38.3 Å². The van der Waals surface area contributed by atoms with Gasteiger partial charge in [0.25, 0.3) is 0 Å². The van der Waals surface area contributed by atoms with Gasteiger partial charge in [-0.25, -0.2) is 13.1 Å². The molecule has 0 bridgehead atoms. The Morgan fingerprint density at radius 2 is 1.75 bits per heavy atom. The summed E-state index contributed by atoms with van der Waals surface area (Å²) < 4.78 is 34.2. The van der Waals surface area contributed by atoms with Gasteiger partial charge in [0.05, 0.1) is 30.1 Å². The van der Waals surface area contributed by atoms with E-state index >= 15 is 0 Å². The third-order valence-corrected chi connectivity index (χ3v) is 7.50. The molecular weight excluding hydrogens is 448 g/mol. The first-order chi connectivity index (χ1) is 15.1. The summed E-state index contributed by atoms with van der Waals surface area (Å²) in [5.74, 6) is -0.0800. The van der Waals surface area contributed by atoms with Gasteiger partial charge in [-0.1, -0.05) is 54.1 Å². The summed E-state index contributed by atoms with van der Waals surface area (Å²) in [7, 11) is -3.72. The Hall–Kier alpha value is -2.19. The summed E-state index contributed by atoms with van der Waals surface area (Å²) in [5, 5.41) is 0.527. The van der Waals surface area contributed by atoms with Crippen LogP contribution in [0, 0.1) is 0 Å². The van der Waals surface area contributed by atoms with E-state index in [9.17, 15) is 13.2 Å². The molecule has 2 aromatic rings. The zero-order chi connectivity index (χ0) is 23.4. The molecule has 0 spiro atoms. The fourth-order valence-corrected chi connectivity index (χ4v) is 5.86. The van der Waals surface area contributed by atoms with E-state index in [1.165, 1.54) is 0 Å². The molecule has 3 rings (SSSR count). The molecule has 8 heteroatoms. The lowest BCUT2D eigenvalue weighted by atomic mass is 9.92. The molecule has 0 saturated carbocycles. The highest BCUT2D eigenvalue weighted by Gasteiger charge is 2.43. The van der Waals surface area contributed by atoms with Crippen molar-refractivity contribution >= 4 is 32.4 Å². The summed E-state index contributed by atoms with van der Waals surface area (Å²) in [6.45, 7) is 6.92. The van der Waals surface area contributed by atoms with Gasteiger partial charge in [0, 0.05) is 18.1 Å². The second kappa shape index (κ2) is 10.2. The van der Waals surface area contributed by atoms with Gasteiger partial charge in [-0.3, -0.25) is 4.79 Å². The Bertz CT molecular complexity index is 1080. The van der Waals surface area contributed by atoms with Crippen molar-refractivity contribution < 1.29 is 17.9 Å². The summed E-state index contributed by atoms with van der Waals surface area (Å²) >= 11 is 5.98. The average Bonchev–Trinajstić information content (AvgIpc) is 2.93. The Kier molecular flexibility index (Phi) is 7.77. The number of carbonyl (C=O) groups excluding carboxylic acids is 1. The number of rotatable bonds is 9. The first kappa shape index (κ1) is 24.5. The summed E-state index contributed by atoms with van der Waals surface area (Å²) in [4.78, 5) is 14.8. The van der Waals surface area contributed by atoms with E-state index in [4.69, 9.17) is 16.3 Å². The summed E-state index contributed by atoms with van der Waals surface area (Å²) in [5.41, 5.74) is 1.44. The molecule has 1 aliphatic heterocycles. The Balaban J connectivity index is 1.75. The first-order valence-electron chi connectivity index (χ1n) is 10.6. The number of carbonyl (C=O) groups is 1. The third kappa shape index (κ3) is 5.78. The van der Waals surface area contributed by atoms with Crippen molar-refractivity contribution in [1.82, 2.24) is 9.62 Å². The van der Waals surface area contributed by atoms with Crippen LogP contribution in [-0.2, 0) is 26.2 Å². The van der Waals surface area contributed by atoms with E-state index in [-0.39, 0.29) is 23.8 Å². The molecule has 0 unspecified atom stereocenters. The summed E-state index contributed by atoms with van der Waals surface area (Å²) in [6, 6.07) is 16.5. The number of amides is 1. The molecule has 0 radical (unpaired) electrons. The van der Waals surface area contributed by atoms with Gasteiger partial charge in [-0.15, -0.1) is 0 Å². The minimum absolute atomic E-state index is 0.0800. The van der Waals surface area contributed by atoms with Crippen LogP contribution in [0.5, 0.6) is 0 Å². The Labute approximate surface area is 195 Å². The molecule has 0 fully saturated rings. The maximum Gasteiger partial charge on any atom is 0.242 e. The number of ether oxygens (including phenoxy) is 1. The van der Waals surface area contributed by atoms with Crippen LogP contribution in [0.25, 0.3) is 4.91 Å². The lowest BCUT2D eigenvalue weighted by molar-refractivity contribution is -0.131. The number of nitrogens with zero attached hydrogens (tertiary/aromatic N) is 1. The van der Waals surface area contributed by atoms with E-state index in [2.05, 4.69) is 4.72 Å². The molecule has 172 valence electrons. The lowest BCUT2D eigenvalue weighted by Crippen LogP contribution is -2.42. The standard InChI is InChI=1S/C24H29ClN2O4S/c1-4-27(22(28)14-15-31-17-18-8-6-5-7-9-18)16-21-23(19-10-12-20(25)13-11-19)32(29,30)26-24(21,2)3/h5-13,26H,4,14-17H2,1-3H3. The maximum absolute atomic E-state index is 12.9. The molecule has 1 aliphatic rings. The normalized spacial score (nSPS) is 16.9. The largest absolute Gasteiger partial charge is 0.376 e. The minimum atomic E-state index is -3.72. The molecule has 6 nitrogen and oxygen atoms in total. The molecule has 0 aromatic heterocycles. The molecule has 1 heterocycles. The van der Waals surface area contributed by atoms with Gasteiger partial charge in [-0.2, -0.15) is 0 Å². The predicted octanol–water partition coefficient (Wildman–Crippen LogP) is 4.22. The van der Waals surface area contributed by atoms with E-state index in [0.29, 0.717) is 35.9 Å². The van der Waals surface area contributed by atoms with Crippen molar-refractivity contribution in [1.29, 1.82) is 0 Å². The zero-order valence-corrected chi connectivity index (χ0v) is 20.2. The van der Waals surface area contributed by atoms with Crippen LogP contribution in [0.3, 0.4) is 0 Å². The average molecular weight is 477 g/mol. The van der Waals surface area contributed by atoms with Gasteiger partial charge in [0.1, 0.15) is 0 Å². The van der Waals surface area contributed by atoms with E-state index < -0.39 is 15.6 Å². The Morgan fingerprint density at radius 1 is 1.09 bits per heavy atom. The minimum Gasteiger partial charge on any atom is -0.376 e. The number of hydrogen-bond donors (Lipinski definition) is 1. The van der Waals surface area contributed by atoms with E-state index in [1.807, 2.05) is 51.1 Å². The monoisotopic (exact) mass is 476 g/mol. The molecule has 2 aromatic carbocycles. The maximum atomic E-state index is 12.9. The number of sulfonamides is 1. The van der Waals surface area contributed by atoms with Crippen LogP contribution < -0.4 is 4.72 Å². The number of nitrogens with one attached hydrogen (secondary N) is 1. The van der Waals surface area contributed by atoms with Crippen molar-refractivity contribution in [3.63, 3.8) is 0 Å². The highest BCUT2D eigenvalue weighted by Crippen LogP contribution is 2.38. The van der Waals surface area contributed by atoms with Crippen LogP contribution >= 0.6 is 11.6 Å². The topological polar surface area (TPSA) is 75.7 Å². The fourth-order valence-electron chi connectivity index (χ4n) is 3.74. The molecule has 1 N–H and O–H groups in total. The van der Waals surface area contributed by atoms with Crippen molar-refractivity contribution in [2.45, 2.75) is 39.3 Å². The van der Waals surface area contributed by atoms with Gasteiger partial charge in [-0.05, 0) is 49.6 Å². The van der Waals surface area contributed by atoms with Gasteiger partial charge >= 0.3 is 0 Å². The molecule has 0 atom stereocenters. The van der Waals surface area contributed by atoms with Crippen molar-refractivity contribution in [3.05, 3.63) is 76.3 Å². The number of benzene rings is 2. The number of halogens is 1. The second-order valence-corrected chi connectivity index (χ2v) is 10.3. The molecule has 0 saturated heterocycles. The number of likely N-dealkylation sites (N-methyl/N-ethyl adjacent to an activating group) is 1. The highest BCUT2D eigenvalue weighted by molar-refractivity contribution is 7.99. The van der Waals surface area contributed by atoms with Crippen molar-refractivity contribution in [3.8, 4) is 0 Å². The first-order valence-corrected chi connectivity index (χ1v) is 12.4. The number of hydrogen-bond acceptors (Lipinski definition) is 4. The second-order valence-electron chi connectivity index (χ2n) is 8.24. The quantitative estimate of drug-likeness (QED) is 0.550. The van der Waals surface area contributed by atoms with Gasteiger partial charge in [0.15, 0.2) is 0 Å². The van der Waals surface area contributed by atoms with Crippen LogP contribution in [0.4, 0.5) is 0 Å². The van der Waals surface area contributed by atoms with Gasteiger partial charge in [0.2, 0.25) is 15.9 Å². The van der Waals surface area contributed by atoms with Crippen molar-refractivity contribution in [2.75, 3.05) is 19.7 Å². The van der Waals surface area contributed by atoms with Crippen LogP contribution in [0.15, 0.2) is 60.2 Å². The van der Waals surface area contributed by atoms with E-state index in [1.54, 1.807) is 29.2 Å². The van der Waals surface area contributed by atoms with E-state index in [0.717, 1.165) is 5.56 Å². The predicted molar refractivity (Wildman–Crippen MR) is 127 cm³/mol. The molecule has 0 aliphatic carbocycles.